The number of hydrogen-bond donors (Lipinski definition) is 1. The molecular weight excluding hydrogens is 262 g/mol. The third kappa shape index (κ3) is 3.06. The molecule has 0 amide bonds. The smallest absolute Gasteiger partial charge is 0.101 e. The van der Waals surface area contributed by atoms with Crippen LogP contribution in [0.5, 0.6) is 0 Å². The number of rotatable bonds is 4. The molecule has 1 fully saturated rings. The fourth-order valence-electron chi connectivity index (χ4n) is 3.64. The summed E-state index contributed by atoms with van der Waals surface area (Å²) in [5.41, 5.74) is 3.62. The number of hydrogen-bond acceptors (Lipinski definition) is 3. The highest BCUT2D eigenvalue weighted by atomic mass is 16.5. The molecular formula is C17H27N3O. The highest BCUT2D eigenvalue weighted by Crippen LogP contribution is 2.33. The zero-order valence-electron chi connectivity index (χ0n) is 13.4. The molecule has 1 aromatic rings. The van der Waals surface area contributed by atoms with Gasteiger partial charge >= 0.3 is 0 Å². The van der Waals surface area contributed by atoms with Crippen molar-refractivity contribution in [2.45, 2.75) is 51.7 Å². The summed E-state index contributed by atoms with van der Waals surface area (Å²) in [4.78, 5) is 0. The molecule has 116 valence electrons. The Morgan fingerprint density at radius 2 is 2.19 bits per heavy atom. The van der Waals surface area contributed by atoms with Crippen LogP contribution in [-0.2, 0) is 11.8 Å². The summed E-state index contributed by atoms with van der Waals surface area (Å²) >= 11 is 0. The number of nitrogens with one attached hydrogen (secondary N) is 1. The van der Waals surface area contributed by atoms with Gasteiger partial charge in [-0.15, -0.1) is 0 Å². The van der Waals surface area contributed by atoms with E-state index in [1.54, 1.807) is 0 Å². The van der Waals surface area contributed by atoms with Gasteiger partial charge in [-0.1, -0.05) is 12.2 Å². The van der Waals surface area contributed by atoms with Crippen LogP contribution in [-0.4, -0.2) is 29.0 Å². The summed E-state index contributed by atoms with van der Waals surface area (Å²) in [5.74, 6) is 0.785. The van der Waals surface area contributed by atoms with Gasteiger partial charge in [0.2, 0.25) is 0 Å². The average molecular weight is 289 g/mol. The lowest BCUT2D eigenvalue weighted by molar-refractivity contribution is 0.0967. The molecule has 2 aliphatic rings. The lowest BCUT2D eigenvalue weighted by Gasteiger charge is -2.24. The number of nitrogens with zero attached hydrogens (tertiary/aromatic N) is 2. The molecule has 0 bridgehead atoms. The molecule has 1 aliphatic carbocycles. The van der Waals surface area contributed by atoms with Gasteiger partial charge in [0.05, 0.1) is 5.69 Å². The van der Waals surface area contributed by atoms with Crippen LogP contribution in [0.3, 0.4) is 0 Å². The Hall–Kier alpha value is -1.13. The molecule has 3 rings (SSSR count). The van der Waals surface area contributed by atoms with Crippen LogP contribution in [0.2, 0.25) is 0 Å². The molecule has 0 saturated carbocycles. The minimum Gasteiger partial charge on any atom is -0.372 e. The van der Waals surface area contributed by atoms with Crippen molar-refractivity contribution < 1.29 is 4.74 Å². The standard InChI is InChI=1S/C17H27N3O/c1-12-16(13(2)20(3)19-12)17-15(9-10-21-17)18-11-14-7-5-4-6-8-14/h4-5,14-15,17-18H,6-11H2,1-3H3/t14?,15-,17-/m0/s1. The van der Waals surface area contributed by atoms with Crippen molar-refractivity contribution in [2.75, 3.05) is 13.2 Å². The fraction of sp³-hybridized carbons (Fsp3) is 0.706. The number of aryl methyl sites for hydroxylation is 2. The Balaban J connectivity index is 1.66. The van der Waals surface area contributed by atoms with Crippen LogP contribution in [0.15, 0.2) is 12.2 Å². The highest BCUT2D eigenvalue weighted by molar-refractivity contribution is 5.29. The molecule has 0 aromatic carbocycles. The quantitative estimate of drug-likeness (QED) is 0.866. The second kappa shape index (κ2) is 6.32. The maximum Gasteiger partial charge on any atom is 0.101 e. The molecule has 1 saturated heterocycles. The number of aromatic nitrogens is 2. The SMILES string of the molecule is Cc1nn(C)c(C)c1[C@H]1OCC[C@@H]1NCC1CC=CCC1. The molecule has 2 heterocycles. The van der Waals surface area contributed by atoms with Crippen LogP contribution in [0.1, 0.15) is 48.7 Å². The fourth-order valence-corrected chi connectivity index (χ4v) is 3.64. The van der Waals surface area contributed by atoms with Crippen molar-refractivity contribution in [1.82, 2.24) is 15.1 Å². The highest BCUT2D eigenvalue weighted by Gasteiger charge is 2.33. The Labute approximate surface area is 127 Å². The van der Waals surface area contributed by atoms with E-state index >= 15 is 0 Å². The van der Waals surface area contributed by atoms with E-state index in [1.807, 2.05) is 11.7 Å². The van der Waals surface area contributed by atoms with Crippen molar-refractivity contribution in [1.29, 1.82) is 0 Å². The van der Waals surface area contributed by atoms with Crippen LogP contribution in [0, 0.1) is 19.8 Å². The molecule has 1 N–H and O–H groups in total. The van der Waals surface area contributed by atoms with E-state index < -0.39 is 0 Å². The minimum absolute atomic E-state index is 0.165. The van der Waals surface area contributed by atoms with Crippen LogP contribution >= 0.6 is 0 Å². The van der Waals surface area contributed by atoms with Crippen LogP contribution < -0.4 is 5.32 Å². The molecule has 1 unspecified atom stereocenters. The van der Waals surface area contributed by atoms with E-state index in [-0.39, 0.29) is 6.10 Å². The molecule has 4 nitrogen and oxygen atoms in total. The second-order valence-corrected chi connectivity index (χ2v) is 6.45. The van der Waals surface area contributed by atoms with Crippen molar-refractivity contribution in [3.05, 3.63) is 29.1 Å². The van der Waals surface area contributed by atoms with Gasteiger partial charge in [-0.2, -0.15) is 5.10 Å². The van der Waals surface area contributed by atoms with Gasteiger partial charge in [0.1, 0.15) is 6.10 Å². The Kier molecular flexibility index (Phi) is 4.45. The normalized spacial score (nSPS) is 29.2. The van der Waals surface area contributed by atoms with Gasteiger partial charge in [0.15, 0.2) is 0 Å². The first-order chi connectivity index (χ1) is 10.2. The van der Waals surface area contributed by atoms with Crippen molar-refractivity contribution in [2.24, 2.45) is 13.0 Å². The first-order valence-electron chi connectivity index (χ1n) is 8.17. The minimum atomic E-state index is 0.165. The third-order valence-corrected chi connectivity index (χ3v) is 4.99. The number of allylic oxidation sites excluding steroid dienone is 2. The Morgan fingerprint density at radius 3 is 2.86 bits per heavy atom. The van der Waals surface area contributed by atoms with Crippen LogP contribution in [0.25, 0.3) is 0 Å². The maximum atomic E-state index is 6.04. The molecule has 4 heteroatoms. The maximum absolute atomic E-state index is 6.04. The van der Waals surface area contributed by atoms with Crippen LogP contribution in [0.4, 0.5) is 0 Å². The Bertz CT molecular complexity index is 520. The van der Waals surface area contributed by atoms with Gasteiger partial charge in [0, 0.05) is 31.0 Å². The lowest BCUT2D eigenvalue weighted by Crippen LogP contribution is -2.36. The third-order valence-electron chi connectivity index (χ3n) is 4.99. The van der Waals surface area contributed by atoms with Gasteiger partial charge in [-0.05, 0) is 52.0 Å². The van der Waals surface area contributed by atoms with Gasteiger partial charge < -0.3 is 10.1 Å². The first-order valence-corrected chi connectivity index (χ1v) is 8.17. The summed E-state index contributed by atoms with van der Waals surface area (Å²) in [6.45, 7) is 6.18. The van der Waals surface area contributed by atoms with E-state index in [1.165, 1.54) is 30.5 Å². The summed E-state index contributed by atoms with van der Waals surface area (Å²) in [6, 6.07) is 0.428. The molecule has 3 atom stereocenters. The summed E-state index contributed by atoms with van der Waals surface area (Å²) in [7, 11) is 2.01. The van der Waals surface area contributed by atoms with Crippen molar-refractivity contribution >= 4 is 0 Å². The molecule has 0 radical (unpaired) electrons. The predicted molar refractivity (Wildman–Crippen MR) is 84.3 cm³/mol. The van der Waals surface area contributed by atoms with E-state index in [0.717, 1.165) is 31.2 Å². The largest absolute Gasteiger partial charge is 0.372 e. The van der Waals surface area contributed by atoms with E-state index in [0.29, 0.717) is 6.04 Å². The van der Waals surface area contributed by atoms with E-state index in [9.17, 15) is 0 Å². The van der Waals surface area contributed by atoms with Gasteiger partial charge in [0.25, 0.3) is 0 Å². The van der Waals surface area contributed by atoms with E-state index in [4.69, 9.17) is 4.74 Å². The molecule has 21 heavy (non-hydrogen) atoms. The van der Waals surface area contributed by atoms with Gasteiger partial charge in [-0.25, -0.2) is 0 Å². The second-order valence-electron chi connectivity index (χ2n) is 6.45. The van der Waals surface area contributed by atoms with Crippen molar-refractivity contribution in [3.63, 3.8) is 0 Å². The lowest BCUT2D eigenvalue weighted by atomic mass is 9.93. The summed E-state index contributed by atoms with van der Waals surface area (Å²) in [6.07, 6.45) is 9.66. The van der Waals surface area contributed by atoms with Gasteiger partial charge in [-0.3, -0.25) is 4.68 Å². The van der Waals surface area contributed by atoms with E-state index in [2.05, 4.69) is 36.4 Å². The van der Waals surface area contributed by atoms with Crippen molar-refractivity contribution in [3.8, 4) is 0 Å². The molecule has 0 spiro atoms. The zero-order valence-corrected chi connectivity index (χ0v) is 13.4. The summed E-state index contributed by atoms with van der Waals surface area (Å²) < 4.78 is 8.00. The summed E-state index contributed by atoms with van der Waals surface area (Å²) in [5, 5.41) is 8.31. The topological polar surface area (TPSA) is 39.1 Å². The molecule has 1 aromatic heterocycles. The first kappa shape index (κ1) is 14.8. The molecule has 1 aliphatic heterocycles. The predicted octanol–water partition coefficient (Wildman–Crippen LogP) is 2.81. The Morgan fingerprint density at radius 1 is 1.33 bits per heavy atom. The monoisotopic (exact) mass is 289 g/mol. The number of ether oxygens (including phenoxy) is 1. The zero-order chi connectivity index (χ0) is 14.8. The average Bonchev–Trinajstić information content (AvgIpc) is 3.03.